The second-order valence-corrected chi connectivity index (χ2v) is 7.65. The molecule has 0 unspecified atom stereocenters. The van der Waals surface area contributed by atoms with Gasteiger partial charge in [0, 0.05) is 17.4 Å². The van der Waals surface area contributed by atoms with Gasteiger partial charge in [-0.1, -0.05) is 35.9 Å². The molecule has 146 valence electrons. The Morgan fingerprint density at radius 1 is 0.931 bits per heavy atom. The maximum atomic E-state index is 12.9. The number of amides is 1. The molecule has 1 amide bonds. The average Bonchev–Trinajstić information content (AvgIpc) is 2.98. The maximum absolute atomic E-state index is 12.9. The van der Waals surface area contributed by atoms with Crippen molar-refractivity contribution in [3.63, 3.8) is 0 Å². The molecule has 0 aliphatic rings. The summed E-state index contributed by atoms with van der Waals surface area (Å²) in [4.78, 5) is 17.5. The zero-order valence-electron chi connectivity index (χ0n) is 17.4. The van der Waals surface area contributed by atoms with Crippen molar-refractivity contribution < 1.29 is 4.79 Å². The highest BCUT2D eigenvalue weighted by molar-refractivity contribution is 6.05. The van der Waals surface area contributed by atoms with Crippen LogP contribution in [-0.2, 0) is 0 Å². The highest BCUT2D eigenvalue weighted by Gasteiger charge is 2.19. The summed E-state index contributed by atoms with van der Waals surface area (Å²) in [5.74, 6) is -0.188. The number of hydrogen-bond donors (Lipinski definition) is 1. The molecule has 0 aliphatic carbocycles. The molecule has 2 aromatic carbocycles. The Morgan fingerprint density at radius 3 is 2.34 bits per heavy atom. The number of rotatable bonds is 3. The Labute approximate surface area is 170 Å². The molecule has 4 aromatic rings. The normalized spacial score (nSPS) is 11.1. The van der Waals surface area contributed by atoms with Gasteiger partial charge in [-0.2, -0.15) is 5.10 Å². The molecule has 4 rings (SSSR count). The van der Waals surface area contributed by atoms with E-state index in [1.165, 1.54) is 5.56 Å². The van der Waals surface area contributed by atoms with Crippen molar-refractivity contribution in [3.05, 3.63) is 82.3 Å². The molecule has 0 saturated carbocycles. The fourth-order valence-electron chi connectivity index (χ4n) is 3.81. The quantitative estimate of drug-likeness (QED) is 0.529. The molecular formula is C24H24N4O. The lowest BCUT2D eigenvalue weighted by Crippen LogP contribution is -2.16. The summed E-state index contributed by atoms with van der Waals surface area (Å²) in [5.41, 5.74) is 9.18. The molecule has 2 heterocycles. The third-order valence-electron chi connectivity index (χ3n) is 5.09. The monoisotopic (exact) mass is 384 g/mol. The molecule has 0 radical (unpaired) electrons. The van der Waals surface area contributed by atoms with Gasteiger partial charge in [0.15, 0.2) is 5.65 Å². The highest BCUT2D eigenvalue weighted by atomic mass is 16.1. The van der Waals surface area contributed by atoms with E-state index in [1.54, 1.807) is 10.7 Å². The van der Waals surface area contributed by atoms with Gasteiger partial charge >= 0.3 is 0 Å². The van der Waals surface area contributed by atoms with Crippen LogP contribution in [-0.4, -0.2) is 20.5 Å². The van der Waals surface area contributed by atoms with Crippen LogP contribution in [0.1, 0.15) is 38.4 Å². The number of carbonyl (C=O) groups is 1. The van der Waals surface area contributed by atoms with Crippen molar-refractivity contribution in [2.45, 2.75) is 34.6 Å². The second kappa shape index (κ2) is 7.17. The first-order valence-corrected chi connectivity index (χ1v) is 9.65. The van der Waals surface area contributed by atoms with Crippen LogP contribution in [0.15, 0.2) is 48.7 Å². The molecular weight excluding hydrogens is 360 g/mol. The van der Waals surface area contributed by atoms with Gasteiger partial charge in [0.2, 0.25) is 0 Å². The summed E-state index contributed by atoms with van der Waals surface area (Å²) in [6.45, 7) is 9.97. The van der Waals surface area contributed by atoms with Crippen molar-refractivity contribution in [1.29, 1.82) is 0 Å². The van der Waals surface area contributed by atoms with Gasteiger partial charge < -0.3 is 5.32 Å². The van der Waals surface area contributed by atoms with Gasteiger partial charge in [-0.05, 0) is 63.4 Å². The fourth-order valence-corrected chi connectivity index (χ4v) is 3.81. The number of benzene rings is 2. The summed E-state index contributed by atoms with van der Waals surface area (Å²) in [6, 6.07) is 14.3. The standard InChI is InChI=1S/C24H24N4O/c1-14-7-6-8-19(10-14)22-17(4)27-28-18(5)21(13-25-23(22)28)24(29)26-20-11-15(2)9-16(3)12-20/h6-13H,1-5H3,(H,26,29). The number of hydrogen-bond acceptors (Lipinski definition) is 3. The number of carbonyl (C=O) groups excluding carboxylic acids is 1. The third kappa shape index (κ3) is 3.51. The van der Waals surface area contributed by atoms with Crippen LogP contribution < -0.4 is 5.32 Å². The topological polar surface area (TPSA) is 59.3 Å². The molecule has 0 atom stereocenters. The van der Waals surface area contributed by atoms with Crippen LogP contribution in [0.4, 0.5) is 5.69 Å². The van der Waals surface area contributed by atoms with Crippen LogP contribution in [0.3, 0.4) is 0 Å². The SMILES string of the molecule is Cc1cc(C)cc(NC(=O)c2cnc3c(-c4cccc(C)c4)c(C)nn3c2C)c1. The van der Waals surface area contributed by atoms with Gasteiger partial charge in [0.25, 0.3) is 5.91 Å². The lowest BCUT2D eigenvalue weighted by atomic mass is 10.0. The summed E-state index contributed by atoms with van der Waals surface area (Å²) in [7, 11) is 0. The van der Waals surface area contributed by atoms with E-state index in [0.717, 1.165) is 45.0 Å². The first-order valence-electron chi connectivity index (χ1n) is 9.65. The first kappa shape index (κ1) is 18.9. The second-order valence-electron chi connectivity index (χ2n) is 7.65. The van der Waals surface area contributed by atoms with E-state index in [1.807, 2.05) is 45.9 Å². The predicted octanol–water partition coefficient (Wildman–Crippen LogP) is 5.19. The number of anilines is 1. The van der Waals surface area contributed by atoms with Crippen molar-refractivity contribution in [1.82, 2.24) is 14.6 Å². The zero-order chi connectivity index (χ0) is 20.7. The van der Waals surface area contributed by atoms with Gasteiger partial charge in [-0.15, -0.1) is 0 Å². The van der Waals surface area contributed by atoms with Crippen LogP contribution in [0.25, 0.3) is 16.8 Å². The average molecular weight is 384 g/mol. The lowest BCUT2D eigenvalue weighted by molar-refractivity contribution is 0.102. The summed E-state index contributed by atoms with van der Waals surface area (Å²) < 4.78 is 1.77. The van der Waals surface area contributed by atoms with Crippen molar-refractivity contribution in [3.8, 4) is 11.1 Å². The van der Waals surface area contributed by atoms with E-state index in [2.05, 4.69) is 46.6 Å². The zero-order valence-corrected chi connectivity index (χ0v) is 17.4. The molecule has 29 heavy (non-hydrogen) atoms. The van der Waals surface area contributed by atoms with Gasteiger partial charge in [-0.25, -0.2) is 9.50 Å². The highest BCUT2D eigenvalue weighted by Crippen LogP contribution is 2.29. The minimum atomic E-state index is -0.188. The van der Waals surface area contributed by atoms with E-state index in [9.17, 15) is 4.79 Å². The summed E-state index contributed by atoms with van der Waals surface area (Å²) in [6.07, 6.45) is 1.64. The van der Waals surface area contributed by atoms with Crippen molar-refractivity contribution in [2.24, 2.45) is 0 Å². The molecule has 0 bridgehead atoms. The lowest BCUT2D eigenvalue weighted by Gasteiger charge is -2.10. The molecule has 5 nitrogen and oxygen atoms in total. The number of nitrogens with zero attached hydrogens (tertiary/aromatic N) is 3. The van der Waals surface area contributed by atoms with Crippen LogP contribution >= 0.6 is 0 Å². The largest absolute Gasteiger partial charge is 0.322 e. The van der Waals surface area contributed by atoms with Crippen LogP contribution in [0, 0.1) is 34.6 Å². The maximum Gasteiger partial charge on any atom is 0.259 e. The van der Waals surface area contributed by atoms with Crippen LogP contribution in [0.5, 0.6) is 0 Å². The summed E-state index contributed by atoms with van der Waals surface area (Å²) >= 11 is 0. The number of nitrogens with one attached hydrogen (secondary N) is 1. The molecule has 5 heteroatoms. The molecule has 2 aromatic heterocycles. The number of aromatic nitrogens is 3. The molecule has 0 saturated heterocycles. The predicted molar refractivity (Wildman–Crippen MR) is 117 cm³/mol. The summed E-state index contributed by atoms with van der Waals surface area (Å²) in [5, 5.41) is 7.66. The van der Waals surface area contributed by atoms with Gasteiger partial charge in [0.1, 0.15) is 0 Å². The Morgan fingerprint density at radius 2 is 1.66 bits per heavy atom. The first-order chi connectivity index (χ1) is 13.8. The third-order valence-corrected chi connectivity index (χ3v) is 5.09. The van der Waals surface area contributed by atoms with E-state index >= 15 is 0 Å². The Bertz CT molecular complexity index is 1230. The minimum Gasteiger partial charge on any atom is -0.322 e. The molecule has 1 N–H and O–H groups in total. The Kier molecular flexibility index (Phi) is 4.66. The Hall–Kier alpha value is -3.47. The van der Waals surface area contributed by atoms with Gasteiger partial charge in [0.05, 0.1) is 17.0 Å². The number of aryl methyl sites for hydroxylation is 5. The fraction of sp³-hybridized carbons (Fsp3) is 0.208. The van der Waals surface area contributed by atoms with E-state index in [4.69, 9.17) is 0 Å². The van der Waals surface area contributed by atoms with E-state index < -0.39 is 0 Å². The molecule has 0 fully saturated rings. The molecule has 0 spiro atoms. The Balaban J connectivity index is 1.76. The smallest absolute Gasteiger partial charge is 0.259 e. The minimum absolute atomic E-state index is 0.188. The number of fused-ring (bicyclic) bond motifs is 1. The van der Waals surface area contributed by atoms with Crippen molar-refractivity contribution >= 4 is 17.2 Å². The van der Waals surface area contributed by atoms with E-state index in [-0.39, 0.29) is 5.91 Å². The van der Waals surface area contributed by atoms with Crippen LogP contribution in [0.2, 0.25) is 0 Å². The molecule has 0 aliphatic heterocycles. The van der Waals surface area contributed by atoms with Crippen molar-refractivity contribution in [2.75, 3.05) is 5.32 Å². The van der Waals surface area contributed by atoms with E-state index in [0.29, 0.717) is 5.56 Å². The van der Waals surface area contributed by atoms with Gasteiger partial charge in [-0.3, -0.25) is 4.79 Å².